The number of rotatable bonds is 8. The minimum atomic E-state index is -2.13. The summed E-state index contributed by atoms with van der Waals surface area (Å²) in [5.74, 6) is 0.0862. The number of hydrogen-bond donors (Lipinski definition) is 3. The van der Waals surface area contributed by atoms with Gasteiger partial charge >= 0.3 is 0 Å². The number of nitrogens with zero attached hydrogens (tertiary/aromatic N) is 5. The molecule has 1 aliphatic rings. The lowest BCUT2D eigenvalue weighted by Crippen LogP contribution is -2.69. The van der Waals surface area contributed by atoms with Crippen LogP contribution < -0.4 is 15.9 Å². The van der Waals surface area contributed by atoms with Crippen LogP contribution in [0.4, 0.5) is 5.95 Å². The molecule has 0 saturated carbocycles. The van der Waals surface area contributed by atoms with Crippen molar-refractivity contribution >= 4 is 42.6 Å². The molecule has 0 bridgehead atoms. The average molecular weight is 590 g/mol. The summed E-state index contributed by atoms with van der Waals surface area (Å²) >= 11 is 0. The first-order chi connectivity index (χ1) is 20.0. The molecule has 11 nitrogen and oxygen atoms in total. The summed E-state index contributed by atoms with van der Waals surface area (Å²) in [5.41, 5.74) is -2.63. The van der Waals surface area contributed by atoms with Gasteiger partial charge in [0.05, 0.1) is 19.3 Å². The minimum Gasteiger partial charge on any atom is -0.394 e. The highest BCUT2D eigenvalue weighted by Crippen LogP contribution is 2.52. The first kappa shape index (κ1) is 29.8. The Balaban J connectivity index is 1.92. The maximum Gasteiger partial charge on any atom is 0.280 e. The average Bonchev–Trinajstić information content (AvgIpc) is 3.51. The molecule has 42 heavy (non-hydrogen) atoms. The van der Waals surface area contributed by atoms with Gasteiger partial charge < -0.3 is 24.6 Å². The third kappa shape index (κ3) is 4.69. The fourth-order valence-corrected chi connectivity index (χ4v) is 9.36. The molecule has 1 saturated heterocycles. The Hall–Kier alpha value is -3.68. The molecule has 0 spiro atoms. The van der Waals surface area contributed by atoms with Gasteiger partial charge in [-0.25, -0.2) is 9.98 Å². The van der Waals surface area contributed by atoms with Gasteiger partial charge in [-0.3, -0.25) is 14.3 Å². The molecule has 1 radical (unpaired) electrons. The highest BCUT2D eigenvalue weighted by molar-refractivity contribution is 6.86. The van der Waals surface area contributed by atoms with Gasteiger partial charge in [-0.05, 0) is 5.41 Å². The number of aromatic amines is 1. The van der Waals surface area contributed by atoms with Crippen LogP contribution in [-0.4, -0.2) is 95.4 Å². The third-order valence-electron chi connectivity index (χ3n) is 7.82. The fraction of sp³-hybridized carbons (Fsp3) is 0.400. The van der Waals surface area contributed by atoms with Gasteiger partial charge in [-0.2, -0.15) is 4.98 Å². The van der Waals surface area contributed by atoms with Crippen molar-refractivity contribution in [1.29, 1.82) is 0 Å². The Morgan fingerprint density at radius 2 is 1.74 bits per heavy atom. The van der Waals surface area contributed by atoms with Crippen LogP contribution in [0.15, 0.2) is 76.8 Å². The van der Waals surface area contributed by atoms with Crippen LogP contribution in [-0.2, 0) is 14.8 Å². The molecule has 1 aliphatic heterocycles. The van der Waals surface area contributed by atoms with E-state index in [1.807, 2.05) is 95.5 Å². The highest BCUT2D eigenvalue weighted by Gasteiger charge is 2.72. The highest BCUT2D eigenvalue weighted by atomic mass is 28.3. The number of methoxy groups -OCH3 is 1. The van der Waals surface area contributed by atoms with Gasteiger partial charge in [0, 0.05) is 21.2 Å². The summed E-state index contributed by atoms with van der Waals surface area (Å²) in [6.45, 7) is 5.21. The van der Waals surface area contributed by atoms with Crippen LogP contribution in [0.3, 0.4) is 0 Å². The molecule has 3 N–H and O–H groups in total. The lowest BCUT2D eigenvalue weighted by molar-refractivity contribution is -0.163. The summed E-state index contributed by atoms with van der Waals surface area (Å²) < 4.78 is 15.0. The molecular weight excluding hydrogens is 552 g/mol. The van der Waals surface area contributed by atoms with Crippen molar-refractivity contribution in [2.45, 2.75) is 43.9 Å². The Morgan fingerprint density at radius 3 is 2.24 bits per heavy atom. The number of fused-ring (bicyclic) bond motifs is 1. The van der Waals surface area contributed by atoms with Gasteiger partial charge in [0.1, 0.15) is 17.8 Å². The monoisotopic (exact) mass is 589 g/mol. The Bertz CT molecular complexity index is 1580. The molecule has 221 valence electrons. The third-order valence-corrected chi connectivity index (χ3v) is 11.0. The van der Waals surface area contributed by atoms with Crippen molar-refractivity contribution in [2.75, 3.05) is 27.8 Å². The number of imidazole rings is 1. The largest absolute Gasteiger partial charge is 0.394 e. The molecule has 0 amide bonds. The molecule has 1 fully saturated rings. The van der Waals surface area contributed by atoms with Crippen LogP contribution in [0.5, 0.6) is 0 Å². The van der Waals surface area contributed by atoms with E-state index in [9.17, 15) is 15.0 Å². The van der Waals surface area contributed by atoms with Crippen LogP contribution in [0.2, 0.25) is 0 Å². The standard InChI is InChI=1S/C30H37N6O5Si/c1-28(2,3)29(39)22(17-37)41-30(26(29)40-6,42(20-13-9-7-10-14-20)21-15-11-8-12-16-21)36-19-31-23-24(36)33-27(34-25(23)38)32-18-35(4)5/h7-16,18-19,22,26,37,39H,17H2,1-6H3,(H,33,34,38)/t22-,26-,29-,30+/m1/s1. The Morgan fingerprint density at radius 1 is 1.14 bits per heavy atom. The molecular formula is C30H37N6O5Si. The first-order valence-electron chi connectivity index (χ1n) is 13.7. The van der Waals surface area contributed by atoms with Crippen LogP contribution in [0.25, 0.3) is 11.2 Å². The smallest absolute Gasteiger partial charge is 0.280 e. The second-order valence-corrected chi connectivity index (χ2v) is 14.3. The van der Waals surface area contributed by atoms with Crippen molar-refractivity contribution in [3.8, 4) is 0 Å². The number of hydrogen-bond acceptors (Lipinski definition) is 8. The van der Waals surface area contributed by atoms with Crippen molar-refractivity contribution in [3.63, 3.8) is 0 Å². The van der Waals surface area contributed by atoms with Gasteiger partial charge in [0.15, 0.2) is 25.3 Å². The molecule has 0 unspecified atom stereocenters. The van der Waals surface area contributed by atoms with Crippen LogP contribution >= 0.6 is 0 Å². The van der Waals surface area contributed by atoms with E-state index >= 15 is 0 Å². The van der Waals surface area contributed by atoms with E-state index in [0.29, 0.717) is 0 Å². The van der Waals surface area contributed by atoms with Crippen molar-refractivity contribution in [1.82, 2.24) is 24.4 Å². The van der Waals surface area contributed by atoms with E-state index in [-0.39, 0.29) is 17.1 Å². The van der Waals surface area contributed by atoms with E-state index < -0.39 is 49.5 Å². The maximum atomic E-state index is 13.2. The maximum absolute atomic E-state index is 13.2. The number of aliphatic hydroxyl groups excluding tert-OH is 1. The quantitative estimate of drug-likeness (QED) is 0.157. The second-order valence-electron chi connectivity index (χ2n) is 11.7. The molecule has 12 heteroatoms. The zero-order valence-electron chi connectivity index (χ0n) is 24.6. The van der Waals surface area contributed by atoms with Gasteiger partial charge in [-0.15, -0.1) is 0 Å². The molecule has 4 atom stereocenters. The predicted molar refractivity (Wildman–Crippen MR) is 163 cm³/mol. The zero-order valence-corrected chi connectivity index (χ0v) is 25.6. The molecule has 0 aliphatic carbocycles. The summed E-state index contributed by atoms with van der Waals surface area (Å²) in [4.78, 5) is 31.2. The van der Waals surface area contributed by atoms with Crippen molar-refractivity contribution in [2.24, 2.45) is 10.4 Å². The molecule has 2 aromatic heterocycles. The van der Waals surface area contributed by atoms with Gasteiger partial charge in [-0.1, -0.05) is 91.8 Å². The number of H-pyrrole nitrogens is 1. The van der Waals surface area contributed by atoms with E-state index in [2.05, 4.69) is 15.0 Å². The number of aromatic nitrogens is 4. The van der Waals surface area contributed by atoms with E-state index in [0.717, 1.165) is 10.4 Å². The lowest BCUT2D eigenvalue weighted by Gasteiger charge is -2.47. The number of benzene rings is 2. The van der Waals surface area contributed by atoms with E-state index in [4.69, 9.17) is 14.5 Å². The zero-order chi connectivity index (χ0) is 30.3. The van der Waals surface area contributed by atoms with Crippen LogP contribution in [0, 0.1) is 5.41 Å². The van der Waals surface area contributed by atoms with Gasteiger partial charge in [0.25, 0.3) is 5.56 Å². The lowest BCUT2D eigenvalue weighted by atomic mass is 9.70. The topological polar surface area (TPSA) is 138 Å². The normalized spacial score (nSPS) is 24.7. The van der Waals surface area contributed by atoms with E-state index in [1.165, 1.54) is 19.8 Å². The van der Waals surface area contributed by atoms with Crippen molar-refractivity contribution < 1.29 is 19.7 Å². The molecule has 4 aromatic rings. The summed E-state index contributed by atoms with van der Waals surface area (Å²) in [5, 5.41) is 23.8. The molecule has 5 rings (SSSR count). The summed E-state index contributed by atoms with van der Waals surface area (Å²) in [7, 11) is 3.02. The number of aliphatic hydroxyl groups is 2. The minimum absolute atomic E-state index is 0.0862. The number of nitrogens with one attached hydrogen (secondary N) is 1. The SMILES string of the molecule is CO[C@@H]1[C@@](O)(C(C)(C)C)[C@@H](CO)O[C@]1(n1cnc2c(=O)[nH]c(N=CN(C)C)nc21)[Si](c1ccccc1)c1ccccc1. The number of aliphatic imine (C=N–C) groups is 1. The Labute approximate surface area is 246 Å². The summed E-state index contributed by atoms with van der Waals surface area (Å²) in [6, 6.07) is 19.8. The summed E-state index contributed by atoms with van der Waals surface area (Å²) in [6.07, 6.45) is 0.982. The predicted octanol–water partition coefficient (Wildman–Crippen LogP) is 1.03. The fourth-order valence-electron chi connectivity index (χ4n) is 5.88. The first-order valence-corrected chi connectivity index (χ1v) is 15.2. The van der Waals surface area contributed by atoms with Crippen molar-refractivity contribution in [3.05, 3.63) is 77.3 Å². The van der Waals surface area contributed by atoms with Gasteiger partial charge in [0.2, 0.25) is 5.95 Å². The van der Waals surface area contributed by atoms with Crippen LogP contribution in [0.1, 0.15) is 20.8 Å². The van der Waals surface area contributed by atoms with E-state index in [1.54, 1.807) is 9.47 Å². The molecule has 3 heterocycles. The molecule has 2 aromatic carbocycles. The second kappa shape index (κ2) is 11.2. The Kier molecular flexibility index (Phi) is 7.94. The number of ether oxygens (including phenoxy) is 2.